The number of hydrogen-bond acceptors (Lipinski definition) is 3. The zero-order valence-electron chi connectivity index (χ0n) is 7.12. The van der Waals surface area contributed by atoms with Crippen molar-refractivity contribution >= 4 is 6.29 Å². The second-order valence-corrected chi connectivity index (χ2v) is 3.25. The highest BCUT2D eigenvalue weighted by Crippen LogP contribution is 2.16. The van der Waals surface area contributed by atoms with Gasteiger partial charge in [0.1, 0.15) is 6.29 Å². The molecule has 1 fully saturated rings. The lowest BCUT2D eigenvalue weighted by Gasteiger charge is -2.33. The number of nitrogens with zero attached hydrogens (tertiary/aromatic N) is 1. The molecule has 0 N–H and O–H groups in total. The Hall–Kier alpha value is -0.410. The third-order valence-electron chi connectivity index (χ3n) is 2.07. The highest BCUT2D eigenvalue weighted by molar-refractivity contribution is 5.50. The number of hydrogen-bond donors (Lipinski definition) is 0. The van der Waals surface area contributed by atoms with E-state index < -0.39 is 0 Å². The molecule has 0 aromatic carbocycles. The van der Waals surface area contributed by atoms with Gasteiger partial charge in [0.05, 0.1) is 12.8 Å². The van der Waals surface area contributed by atoms with Gasteiger partial charge in [-0.2, -0.15) is 0 Å². The van der Waals surface area contributed by atoms with Crippen molar-refractivity contribution in [3.05, 3.63) is 0 Å². The van der Waals surface area contributed by atoms with Gasteiger partial charge in [-0.15, -0.1) is 0 Å². The van der Waals surface area contributed by atoms with E-state index in [9.17, 15) is 4.79 Å². The zero-order valence-corrected chi connectivity index (χ0v) is 7.12. The molecular weight excluding hydrogens is 142 g/mol. The molecule has 0 aromatic heterocycles. The average molecular weight is 157 g/mol. The average Bonchev–Trinajstić information content (AvgIpc) is 1.95. The fourth-order valence-electron chi connectivity index (χ4n) is 1.44. The molecule has 0 aromatic rings. The fourth-order valence-corrected chi connectivity index (χ4v) is 1.44. The standard InChI is InChI=1S/C8H15NO2/c1-7-5-9(2)6-11-8(7)3-4-10/h4,7-8H,3,5-6H2,1-2H3/t7-,8+/m1/s1. The quantitative estimate of drug-likeness (QED) is 0.547. The van der Waals surface area contributed by atoms with Gasteiger partial charge >= 0.3 is 0 Å². The summed E-state index contributed by atoms with van der Waals surface area (Å²) in [6.45, 7) is 3.80. The molecule has 2 atom stereocenters. The van der Waals surface area contributed by atoms with Crippen LogP contribution in [0.15, 0.2) is 0 Å². The summed E-state index contributed by atoms with van der Waals surface area (Å²) < 4.78 is 5.44. The van der Waals surface area contributed by atoms with Crippen molar-refractivity contribution in [3.8, 4) is 0 Å². The van der Waals surface area contributed by atoms with Crippen LogP contribution in [-0.2, 0) is 9.53 Å². The normalized spacial score (nSPS) is 33.6. The zero-order chi connectivity index (χ0) is 8.27. The molecule has 0 amide bonds. The van der Waals surface area contributed by atoms with Crippen molar-refractivity contribution in [1.29, 1.82) is 0 Å². The molecule has 11 heavy (non-hydrogen) atoms. The Morgan fingerprint density at radius 2 is 2.45 bits per heavy atom. The van der Waals surface area contributed by atoms with E-state index in [0.29, 0.717) is 19.1 Å². The van der Waals surface area contributed by atoms with Gasteiger partial charge in [-0.05, 0) is 13.0 Å². The van der Waals surface area contributed by atoms with Gasteiger partial charge in [-0.3, -0.25) is 4.90 Å². The Labute approximate surface area is 67.3 Å². The molecule has 1 saturated heterocycles. The molecule has 3 heteroatoms. The third kappa shape index (κ3) is 2.27. The van der Waals surface area contributed by atoms with E-state index in [0.717, 1.165) is 12.8 Å². The van der Waals surface area contributed by atoms with Gasteiger partial charge in [0.15, 0.2) is 0 Å². The van der Waals surface area contributed by atoms with Crippen molar-refractivity contribution in [2.75, 3.05) is 20.3 Å². The van der Waals surface area contributed by atoms with Crippen molar-refractivity contribution in [1.82, 2.24) is 4.90 Å². The van der Waals surface area contributed by atoms with Gasteiger partial charge in [0.25, 0.3) is 0 Å². The molecular formula is C8H15NO2. The topological polar surface area (TPSA) is 29.5 Å². The molecule has 0 unspecified atom stereocenters. The first-order valence-corrected chi connectivity index (χ1v) is 3.98. The predicted molar refractivity (Wildman–Crippen MR) is 42.2 cm³/mol. The lowest BCUT2D eigenvalue weighted by Crippen LogP contribution is -2.41. The van der Waals surface area contributed by atoms with Crippen LogP contribution in [0.5, 0.6) is 0 Å². The van der Waals surface area contributed by atoms with Crippen molar-refractivity contribution < 1.29 is 9.53 Å². The predicted octanol–water partition coefficient (Wildman–Crippen LogP) is 0.500. The van der Waals surface area contributed by atoms with Crippen LogP contribution in [0, 0.1) is 5.92 Å². The molecule has 0 saturated carbocycles. The Morgan fingerprint density at radius 3 is 3.00 bits per heavy atom. The monoisotopic (exact) mass is 157 g/mol. The SMILES string of the molecule is C[C@@H]1CN(C)CO[C@H]1CC=O. The van der Waals surface area contributed by atoms with Gasteiger partial charge in [0, 0.05) is 13.0 Å². The number of carbonyl (C=O) groups is 1. The third-order valence-corrected chi connectivity index (χ3v) is 2.07. The van der Waals surface area contributed by atoms with Crippen LogP contribution < -0.4 is 0 Å². The maximum absolute atomic E-state index is 10.2. The molecule has 1 rings (SSSR count). The fraction of sp³-hybridized carbons (Fsp3) is 0.875. The smallest absolute Gasteiger partial charge is 0.122 e. The van der Waals surface area contributed by atoms with Crippen LogP contribution >= 0.6 is 0 Å². The molecule has 0 radical (unpaired) electrons. The van der Waals surface area contributed by atoms with Crippen molar-refractivity contribution in [2.24, 2.45) is 5.92 Å². The van der Waals surface area contributed by atoms with Gasteiger partial charge in [-0.25, -0.2) is 0 Å². The van der Waals surface area contributed by atoms with Crippen LogP contribution in [-0.4, -0.2) is 37.6 Å². The maximum atomic E-state index is 10.2. The number of ether oxygens (including phenoxy) is 1. The highest BCUT2D eigenvalue weighted by atomic mass is 16.5. The summed E-state index contributed by atoms with van der Waals surface area (Å²) in [5.41, 5.74) is 0. The largest absolute Gasteiger partial charge is 0.362 e. The summed E-state index contributed by atoms with van der Waals surface area (Å²) >= 11 is 0. The lowest BCUT2D eigenvalue weighted by molar-refractivity contribution is -0.119. The van der Waals surface area contributed by atoms with E-state index in [1.807, 2.05) is 7.05 Å². The van der Waals surface area contributed by atoms with Crippen LogP contribution in [0.1, 0.15) is 13.3 Å². The summed E-state index contributed by atoms with van der Waals surface area (Å²) in [6.07, 6.45) is 1.62. The van der Waals surface area contributed by atoms with E-state index >= 15 is 0 Å². The van der Waals surface area contributed by atoms with E-state index in [4.69, 9.17) is 4.74 Å². The summed E-state index contributed by atoms with van der Waals surface area (Å²) in [6, 6.07) is 0. The maximum Gasteiger partial charge on any atom is 0.122 e. The van der Waals surface area contributed by atoms with Crippen molar-refractivity contribution in [2.45, 2.75) is 19.4 Å². The summed E-state index contributed by atoms with van der Waals surface area (Å²) in [4.78, 5) is 12.3. The number of aldehydes is 1. The van der Waals surface area contributed by atoms with Gasteiger partial charge < -0.3 is 9.53 Å². The summed E-state index contributed by atoms with van der Waals surface area (Å²) in [5, 5.41) is 0. The minimum absolute atomic E-state index is 0.142. The Kier molecular flexibility index (Phi) is 3.02. The van der Waals surface area contributed by atoms with Crippen LogP contribution in [0.25, 0.3) is 0 Å². The van der Waals surface area contributed by atoms with Gasteiger partial charge in [-0.1, -0.05) is 6.92 Å². The van der Waals surface area contributed by atoms with Crippen LogP contribution in [0.2, 0.25) is 0 Å². The summed E-state index contributed by atoms with van der Waals surface area (Å²) in [7, 11) is 2.02. The first-order chi connectivity index (χ1) is 5.24. The van der Waals surface area contributed by atoms with E-state index in [1.165, 1.54) is 0 Å². The molecule has 1 aliphatic heterocycles. The van der Waals surface area contributed by atoms with E-state index in [-0.39, 0.29) is 6.10 Å². The lowest BCUT2D eigenvalue weighted by atomic mass is 10.0. The summed E-state index contributed by atoms with van der Waals surface area (Å²) in [5.74, 6) is 0.471. The second kappa shape index (κ2) is 3.83. The van der Waals surface area contributed by atoms with Crippen LogP contribution in [0.4, 0.5) is 0 Å². The van der Waals surface area contributed by atoms with Gasteiger partial charge in [0.2, 0.25) is 0 Å². The van der Waals surface area contributed by atoms with E-state index in [1.54, 1.807) is 0 Å². The molecule has 3 nitrogen and oxygen atoms in total. The first kappa shape index (κ1) is 8.68. The highest BCUT2D eigenvalue weighted by Gasteiger charge is 2.23. The molecule has 1 aliphatic rings. The second-order valence-electron chi connectivity index (χ2n) is 3.25. The Bertz CT molecular complexity index is 138. The Balaban J connectivity index is 2.37. The molecule has 64 valence electrons. The molecule has 0 bridgehead atoms. The van der Waals surface area contributed by atoms with Crippen LogP contribution in [0.3, 0.4) is 0 Å². The Morgan fingerprint density at radius 1 is 1.73 bits per heavy atom. The number of rotatable bonds is 2. The number of carbonyl (C=O) groups excluding carboxylic acids is 1. The first-order valence-electron chi connectivity index (χ1n) is 3.98. The molecule has 1 heterocycles. The van der Waals surface area contributed by atoms with E-state index in [2.05, 4.69) is 11.8 Å². The van der Waals surface area contributed by atoms with Crippen molar-refractivity contribution in [3.63, 3.8) is 0 Å². The minimum Gasteiger partial charge on any atom is -0.362 e. The molecule has 0 aliphatic carbocycles. The molecule has 0 spiro atoms. The minimum atomic E-state index is 0.142.